The van der Waals surface area contributed by atoms with Gasteiger partial charge in [-0.25, -0.2) is 0 Å². The molecule has 1 aromatic carbocycles. The minimum atomic E-state index is -0.133. The number of furan rings is 1. The van der Waals surface area contributed by atoms with Gasteiger partial charge in [-0.1, -0.05) is 18.2 Å². The first kappa shape index (κ1) is 15.7. The molecule has 0 bridgehead atoms. The third-order valence-corrected chi connectivity index (χ3v) is 4.83. The molecule has 1 aliphatic heterocycles. The van der Waals surface area contributed by atoms with Crippen LogP contribution >= 0.6 is 0 Å². The van der Waals surface area contributed by atoms with Crippen molar-refractivity contribution in [3.05, 3.63) is 60.6 Å². The highest BCUT2D eigenvalue weighted by Gasteiger charge is 2.21. The van der Waals surface area contributed by atoms with Gasteiger partial charge in [-0.2, -0.15) is 0 Å². The minimum Gasteiger partial charge on any atom is -0.451 e. The van der Waals surface area contributed by atoms with E-state index in [2.05, 4.69) is 21.3 Å². The molecule has 1 amide bonds. The fourth-order valence-electron chi connectivity index (χ4n) is 3.35. The monoisotopic (exact) mass is 335 g/mol. The molecular formula is C20H21N3O2. The van der Waals surface area contributed by atoms with Crippen molar-refractivity contribution >= 4 is 22.6 Å². The first-order valence-corrected chi connectivity index (χ1v) is 8.71. The van der Waals surface area contributed by atoms with Crippen molar-refractivity contribution in [2.45, 2.75) is 12.8 Å². The zero-order chi connectivity index (χ0) is 17.1. The van der Waals surface area contributed by atoms with Gasteiger partial charge in [-0.05, 0) is 43.0 Å². The number of benzene rings is 1. The summed E-state index contributed by atoms with van der Waals surface area (Å²) < 4.78 is 5.62. The normalized spacial score (nSPS) is 15.4. The number of fused-ring (bicyclic) bond motifs is 1. The highest BCUT2D eigenvalue weighted by molar-refractivity contribution is 5.96. The number of rotatable bonds is 4. The molecule has 3 heterocycles. The second kappa shape index (κ2) is 6.97. The molecule has 1 fully saturated rings. The molecule has 25 heavy (non-hydrogen) atoms. The van der Waals surface area contributed by atoms with Gasteiger partial charge >= 0.3 is 0 Å². The van der Waals surface area contributed by atoms with Crippen molar-refractivity contribution in [3.63, 3.8) is 0 Å². The van der Waals surface area contributed by atoms with Gasteiger partial charge in [-0.3, -0.25) is 9.78 Å². The molecule has 0 saturated carbocycles. The summed E-state index contributed by atoms with van der Waals surface area (Å²) >= 11 is 0. The van der Waals surface area contributed by atoms with Gasteiger partial charge in [0.15, 0.2) is 5.76 Å². The van der Waals surface area contributed by atoms with Crippen molar-refractivity contribution in [3.8, 4) is 0 Å². The van der Waals surface area contributed by atoms with Crippen molar-refractivity contribution < 1.29 is 9.21 Å². The number of carbonyl (C=O) groups is 1. The number of aromatic nitrogens is 1. The molecule has 4 rings (SSSR count). The summed E-state index contributed by atoms with van der Waals surface area (Å²) in [5.74, 6) is 0.751. The number of piperidine rings is 1. The Hall–Kier alpha value is -2.82. The Balaban J connectivity index is 1.29. The molecular weight excluding hydrogens is 314 g/mol. The van der Waals surface area contributed by atoms with Crippen LogP contribution in [0.5, 0.6) is 0 Å². The standard InChI is InChI=1S/C20H21N3O2/c24-20(19-12-16-4-1-2-6-18(16)25-19)22-13-15-7-10-23(11-8-15)17-5-3-9-21-14-17/h1-6,9,12,14-15H,7-8,10-11,13H2,(H,22,24). The molecule has 5 heteroatoms. The van der Waals surface area contributed by atoms with Crippen molar-refractivity contribution in [2.24, 2.45) is 5.92 Å². The van der Waals surface area contributed by atoms with Gasteiger partial charge in [0.25, 0.3) is 5.91 Å². The Morgan fingerprint density at radius 3 is 2.80 bits per heavy atom. The maximum absolute atomic E-state index is 12.3. The zero-order valence-electron chi connectivity index (χ0n) is 14.0. The number of carbonyl (C=O) groups excluding carboxylic acids is 1. The summed E-state index contributed by atoms with van der Waals surface area (Å²) in [5, 5.41) is 3.98. The van der Waals surface area contributed by atoms with Crippen LogP contribution in [0.2, 0.25) is 0 Å². The number of hydrogen-bond acceptors (Lipinski definition) is 4. The summed E-state index contributed by atoms with van der Waals surface area (Å²) in [5.41, 5.74) is 1.92. The number of nitrogens with zero attached hydrogens (tertiary/aromatic N) is 2. The van der Waals surface area contributed by atoms with Gasteiger partial charge in [-0.15, -0.1) is 0 Å². The fourth-order valence-corrected chi connectivity index (χ4v) is 3.35. The number of amides is 1. The Labute approximate surface area is 146 Å². The predicted molar refractivity (Wildman–Crippen MR) is 97.7 cm³/mol. The molecule has 1 aliphatic rings. The summed E-state index contributed by atoms with van der Waals surface area (Å²) in [6.45, 7) is 2.69. The van der Waals surface area contributed by atoms with Crippen LogP contribution in [0.25, 0.3) is 11.0 Å². The lowest BCUT2D eigenvalue weighted by atomic mass is 9.96. The average Bonchev–Trinajstić information content (AvgIpc) is 3.11. The highest BCUT2D eigenvalue weighted by atomic mass is 16.3. The molecule has 0 spiro atoms. The molecule has 0 aliphatic carbocycles. The van der Waals surface area contributed by atoms with Crippen LogP contribution in [0, 0.1) is 5.92 Å². The highest BCUT2D eigenvalue weighted by Crippen LogP contribution is 2.22. The van der Waals surface area contributed by atoms with E-state index in [1.807, 2.05) is 36.5 Å². The van der Waals surface area contributed by atoms with Crippen LogP contribution in [0.3, 0.4) is 0 Å². The van der Waals surface area contributed by atoms with E-state index >= 15 is 0 Å². The zero-order valence-corrected chi connectivity index (χ0v) is 14.0. The lowest BCUT2D eigenvalue weighted by Gasteiger charge is -2.33. The van der Waals surface area contributed by atoms with Crippen LogP contribution in [-0.2, 0) is 0 Å². The molecule has 3 aromatic rings. The van der Waals surface area contributed by atoms with Crippen LogP contribution in [-0.4, -0.2) is 30.5 Å². The topological polar surface area (TPSA) is 58.4 Å². The Bertz CT molecular complexity index is 819. The Morgan fingerprint density at radius 2 is 2.04 bits per heavy atom. The van der Waals surface area contributed by atoms with E-state index in [-0.39, 0.29) is 5.91 Å². The van der Waals surface area contributed by atoms with E-state index in [0.717, 1.165) is 36.9 Å². The van der Waals surface area contributed by atoms with Crippen LogP contribution < -0.4 is 10.2 Å². The average molecular weight is 335 g/mol. The second-order valence-corrected chi connectivity index (χ2v) is 6.50. The van der Waals surface area contributed by atoms with Gasteiger partial charge in [0.2, 0.25) is 0 Å². The van der Waals surface area contributed by atoms with E-state index in [4.69, 9.17) is 4.42 Å². The summed E-state index contributed by atoms with van der Waals surface area (Å²) in [6, 6.07) is 13.5. The van der Waals surface area contributed by atoms with Crippen molar-refractivity contribution in [1.29, 1.82) is 0 Å². The molecule has 0 unspecified atom stereocenters. The molecule has 128 valence electrons. The molecule has 0 radical (unpaired) electrons. The lowest BCUT2D eigenvalue weighted by Crippen LogP contribution is -2.38. The first-order chi connectivity index (χ1) is 12.3. The van der Waals surface area contributed by atoms with Gasteiger partial charge in [0.1, 0.15) is 5.58 Å². The molecule has 1 saturated heterocycles. The predicted octanol–water partition coefficient (Wildman–Crippen LogP) is 3.47. The smallest absolute Gasteiger partial charge is 0.287 e. The third kappa shape index (κ3) is 3.50. The summed E-state index contributed by atoms with van der Waals surface area (Å²) in [7, 11) is 0. The van der Waals surface area contributed by atoms with E-state index in [1.54, 1.807) is 12.3 Å². The van der Waals surface area contributed by atoms with Crippen LogP contribution in [0.4, 0.5) is 5.69 Å². The van der Waals surface area contributed by atoms with E-state index in [1.165, 1.54) is 5.69 Å². The lowest BCUT2D eigenvalue weighted by molar-refractivity contribution is 0.0919. The number of anilines is 1. The maximum Gasteiger partial charge on any atom is 0.287 e. The quantitative estimate of drug-likeness (QED) is 0.793. The minimum absolute atomic E-state index is 0.133. The maximum atomic E-state index is 12.3. The largest absolute Gasteiger partial charge is 0.451 e. The fraction of sp³-hybridized carbons (Fsp3) is 0.300. The number of para-hydroxylation sites is 1. The van der Waals surface area contributed by atoms with Gasteiger partial charge in [0.05, 0.1) is 11.9 Å². The van der Waals surface area contributed by atoms with Gasteiger partial charge in [0, 0.05) is 31.2 Å². The summed E-state index contributed by atoms with van der Waals surface area (Å²) in [4.78, 5) is 18.9. The van der Waals surface area contributed by atoms with Gasteiger partial charge < -0.3 is 14.6 Å². The number of hydrogen-bond donors (Lipinski definition) is 1. The molecule has 0 atom stereocenters. The number of nitrogens with one attached hydrogen (secondary N) is 1. The molecule has 5 nitrogen and oxygen atoms in total. The van der Waals surface area contributed by atoms with Crippen LogP contribution in [0.1, 0.15) is 23.4 Å². The number of pyridine rings is 1. The second-order valence-electron chi connectivity index (χ2n) is 6.50. The Kier molecular flexibility index (Phi) is 4.37. The van der Waals surface area contributed by atoms with E-state index in [0.29, 0.717) is 18.2 Å². The first-order valence-electron chi connectivity index (χ1n) is 8.71. The van der Waals surface area contributed by atoms with Crippen LogP contribution in [0.15, 0.2) is 59.3 Å². The van der Waals surface area contributed by atoms with Crippen molar-refractivity contribution in [2.75, 3.05) is 24.5 Å². The Morgan fingerprint density at radius 1 is 1.20 bits per heavy atom. The summed E-state index contributed by atoms with van der Waals surface area (Å²) in [6.07, 6.45) is 5.83. The van der Waals surface area contributed by atoms with E-state index < -0.39 is 0 Å². The third-order valence-electron chi connectivity index (χ3n) is 4.83. The van der Waals surface area contributed by atoms with Crippen molar-refractivity contribution in [1.82, 2.24) is 10.3 Å². The van der Waals surface area contributed by atoms with E-state index in [9.17, 15) is 4.79 Å². The molecule has 1 N–H and O–H groups in total. The SMILES string of the molecule is O=C(NCC1CCN(c2cccnc2)CC1)c1cc2ccccc2o1. The molecule has 2 aromatic heterocycles.